The van der Waals surface area contributed by atoms with Crippen LogP contribution in [0.25, 0.3) is 0 Å². The summed E-state index contributed by atoms with van der Waals surface area (Å²) in [7, 11) is -3.71. The number of carbonyl (C=O) groups excluding carboxylic acids is 1. The average molecular weight is 477 g/mol. The minimum absolute atomic E-state index is 0.151. The van der Waals surface area contributed by atoms with E-state index in [0.29, 0.717) is 29.7 Å². The molecule has 31 heavy (non-hydrogen) atoms. The quantitative estimate of drug-likeness (QED) is 0.532. The van der Waals surface area contributed by atoms with Gasteiger partial charge in [0.1, 0.15) is 22.6 Å². The Morgan fingerprint density at radius 1 is 1.10 bits per heavy atom. The van der Waals surface area contributed by atoms with Gasteiger partial charge in [-0.25, -0.2) is 8.42 Å². The van der Waals surface area contributed by atoms with Crippen LogP contribution in [0.1, 0.15) is 17.5 Å². The predicted molar refractivity (Wildman–Crippen MR) is 121 cm³/mol. The van der Waals surface area contributed by atoms with Crippen molar-refractivity contribution in [1.29, 1.82) is 0 Å². The van der Waals surface area contributed by atoms with Gasteiger partial charge in [0.05, 0.1) is 4.34 Å². The molecule has 0 saturated carbocycles. The molecule has 2 heterocycles. The Kier molecular flexibility index (Phi) is 6.62. The highest BCUT2D eigenvalue weighted by molar-refractivity contribution is 7.91. The Morgan fingerprint density at radius 3 is 2.55 bits per heavy atom. The maximum atomic E-state index is 12.7. The third kappa shape index (κ3) is 5.10. The van der Waals surface area contributed by atoms with E-state index in [2.05, 4.69) is 5.32 Å². The number of sulfonamides is 1. The molecule has 9 heteroatoms. The van der Waals surface area contributed by atoms with Gasteiger partial charge >= 0.3 is 0 Å². The van der Waals surface area contributed by atoms with E-state index < -0.39 is 16.1 Å². The van der Waals surface area contributed by atoms with Gasteiger partial charge in [0.2, 0.25) is 5.91 Å². The molecule has 1 aliphatic rings. The zero-order chi connectivity index (χ0) is 21.8. The molecule has 0 radical (unpaired) electrons. The van der Waals surface area contributed by atoms with Crippen molar-refractivity contribution in [3.63, 3.8) is 0 Å². The van der Waals surface area contributed by atoms with E-state index in [-0.39, 0.29) is 16.7 Å². The third-order valence-corrected chi connectivity index (χ3v) is 8.60. The Morgan fingerprint density at radius 2 is 1.87 bits per heavy atom. The van der Waals surface area contributed by atoms with E-state index in [4.69, 9.17) is 16.3 Å². The fourth-order valence-corrected chi connectivity index (χ4v) is 6.50. The number of carbonyl (C=O) groups is 1. The normalized spacial score (nSPS) is 16.5. The van der Waals surface area contributed by atoms with Crippen molar-refractivity contribution in [3.05, 3.63) is 82.2 Å². The van der Waals surface area contributed by atoms with Crippen molar-refractivity contribution >= 4 is 38.9 Å². The molecule has 1 saturated heterocycles. The lowest BCUT2D eigenvalue weighted by molar-refractivity contribution is -0.127. The lowest BCUT2D eigenvalue weighted by atomic mass is 10.1. The second kappa shape index (κ2) is 9.40. The minimum Gasteiger partial charge on any atom is -0.489 e. The number of ether oxygens (including phenoxy) is 1. The Hall–Kier alpha value is -2.39. The Bertz CT molecular complexity index is 1170. The first-order chi connectivity index (χ1) is 14.9. The highest BCUT2D eigenvalue weighted by Gasteiger charge is 2.43. The molecule has 162 valence electrons. The summed E-state index contributed by atoms with van der Waals surface area (Å²) in [6, 6.07) is 19.6. The van der Waals surface area contributed by atoms with E-state index in [1.165, 1.54) is 10.4 Å². The monoisotopic (exact) mass is 476 g/mol. The van der Waals surface area contributed by atoms with Gasteiger partial charge in [-0.1, -0.05) is 54.1 Å². The van der Waals surface area contributed by atoms with Gasteiger partial charge < -0.3 is 10.1 Å². The van der Waals surface area contributed by atoms with Crippen LogP contribution in [-0.4, -0.2) is 31.2 Å². The molecule has 3 aromatic rings. The molecule has 0 spiro atoms. The van der Waals surface area contributed by atoms with Crippen LogP contribution < -0.4 is 10.1 Å². The summed E-state index contributed by atoms with van der Waals surface area (Å²) < 4.78 is 33.1. The molecule has 1 aromatic heterocycles. The highest BCUT2D eigenvalue weighted by atomic mass is 35.5. The molecule has 1 N–H and O–H groups in total. The summed E-state index contributed by atoms with van der Waals surface area (Å²) in [6.07, 6.45) is 0.490. The summed E-state index contributed by atoms with van der Waals surface area (Å²) in [6.45, 7) is 1.06. The first-order valence-corrected chi connectivity index (χ1v) is 12.4. The number of nitrogens with zero attached hydrogens (tertiary/aromatic N) is 1. The van der Waals surface area contributed by atoms with Crippen molar-refractivity contribution < 1.29 is 17.9 Å². The SMILES string of the molecule is O=C(NCc1cccc(OCc2ccccc2)c1)[C@@H]1CCN1S(=O)(=O)c1ccc(Cl)s1. The summed E-state index contributed by atoms with van der Waals surface area (Å²) in [5.74, 6) is 0.395. The number of rotatable bonds is 8. The molecule has 4 rings (SSSR count). The van der Waals surface area contributed by atoms with Crippen LogP contribution >= 0.6 is 22.9 Å². The van der Waals surface area contributed by atoms with E-state index in [1.807, 2.05) is 54.6 Å². The molecule has 1 amide bonds. The van der Waals surface area contributed by atoms with Crippen molar-refractivity contribution in [2.24, 2.45) is 0 Å². The van der Waals surface area contributed by atoms with Crippen LogP contribution in [0, 0.1) is 0 Å². The van der Waals surface area contributed by atoms with Crippen LogP contribution in [0.2, 0.25) is 4.34 Å². The minimum atomic E-state index is -3.71. The molecule has 1 fully saturated rings. The summed E-state index contributed by atoms with van der Waals surface area (Å²) >= 11 is 6.86. The van der Waals surface area contributed by atoms with Crippen molar-refractivity contribution in [2.45, 2.75) is 29.8 Å². The Balaban J connectivity index is 1.33. The molecule has 1 aliphatic heterocycles. The molecule has 2 aromatic carbocycles. The van der Waals surface area contributed by atoms with Gasteiger partial charge in [0, 0.05) is 13.1 Å². The second-order valence-electron chi connectivity index (χ2n) is 7.12. The van der Waals surface area contributed by atoms with Gasteiger partial charge in [0.25, 0.3) is 10.0 Å². The van der Waals surface area contributed by atoms with Crippen molar-refractivity contribution in [2.75, 3.05) is 6.54 Å². The summed E-state index contributed by atoms with van der Waals surface area (Å²) in [5, 5.41) is 2.84. The second-order valence-corrected chi connectivity index (χ2v) is 11.0. The van der Waals surface area contributed by atoms with Crippen molar-refractivity contribution in [1.82, 2.24) is 9.62 Å². The standard InChI is InChI=1S/C22H21ClN2O4S2/c23-20-9-10-21(30-20)31(27,28)25-12-11-19(25)22(26)24-14-17-7-4-8-18(13-17)29-15-16-5-2-1-3-6-16/h1-10,13,19H,11-12,14-15H2,(H,24,26)/t19-/m0/s1. The fourth-order valence-electron chi connectivity index (χ4n) is 3.26. The number of hydrogen-bond donors (Lipinski definition) is 1. The molecule has 0 bridgehead atoms. The van der Waals surface area contributed by atoms with E-state index >= 15 is 0 Å². The first kappa shape index (κ1) is 21.8. The van der Waals surface area contributed by atoms with Gasteiger partial charge in [-0.2, -0.15) is 4.31 Å². The molecular formula is C22H21ClN2O4S2. The summed E-state index contributed by atoms with van der Waals surface area (Å²) in [4.78, 5) is 12.6. The Labute approximate surface area is 190 Å². The summed E-state index contributed by atoms with van der Waals surface area (Å²) in [5.41, 5.74) is 1.94. The lowest BCUT2D eigenvalue weighted by Gasteiger charge is -2.37. The molecule has 0 unspecified atom stereocenters. The topological polar surface area (TPSA) is 75.7 Å². The number of benzene rings is 2. The lowest BCUT2D eigenvalue weighted by Crippen LogP contribution is -2.57. The zero-order valence-electron chi connectivity index (χ0n) is 16.5. The maximum Gasteiger partial charge on any atom is 0.253 e. The molecule has 6 nitrogen and oxygen atoms in total. The predicted octanol–water partition coefficient (Wildman–Crippen LogP) is 4.06. The number of hydrogen-bond acceptors (Lipinski definition) is 5. The largest absolute Gasteiger partial charge is 0.489 e. The van der Waals surface area contributed by atoms with Crippen LogP contribution in [-0.2, 0) is 28.0 Å². The smallest absolute Gasteiger partial charge is 0.253 e. The number of nitrogens with one attached hydrogen (secondary N) is 1. The van der Waals surface area contributed by atoms with E-state index in [0.717, 1.165) is 22.5 Å². The molecule has 0 aliphatic carbocycles. The van der Waals surface area contributed by atoms with Gasteiger partial charge in [-0.3, -0.25) is 4.79 Å². The van der Waals surface area contributed by atoms with Crippen LogP contribution in [0.5, 0.6) is 5.75 Å². The molecule has 1 atom stereocenters. The maximum absolute atomic E-state index is 12.7. The van der Waals surface area contributed by atoms with Crippen molar-refractivity contribution in [3.8, 4) is 5.75 Å². The molecular weight excluding hydrogens is 456 g/mol. The average Bonchev–Trinajstić information content (AvgIpc) is 3.18. The van der Waals surface area contributed by atoms with Gasteiger partial charge in [-0.05, 0) is 41.8 Å². The van der Waals surface area contributed by atoms with Crippen LogP contribution in [0.15, 0.2) is 70.9 Å². The first-order valence-electron chi connectivity index (χ1n) is 9.74. The zero-order valence-corrected chi connectivity index (χ0v) is 18.9. The van der Waals surface area contributed by atoms with E-state index in [9.17, 15) is 13.2 Å². The highest BCUT2D eigenvalue weighted by Crippen LogP contribution is 2.33. The van der Waals surface area contributed by atoms with E-state index in [1.54, 1.807) is 6.07 Å². The fraction of sp³-hybridized carbons (Fsp3) is 0.227. The number of thiophene rings is 1. The van der Waals surface area contributed by atoms with Gasteiger partial charge in [0.15, 0.2) is 0 Å². The number of halogens is 1. The van der Waals surface area contributed by atoms with Crippen LogP contribution in [0.4, 0.5) is 0 Å². The van der Waals surface area contributed by atoms with Gasteiger partial charge in [-0.15, -0.1) is 11.3 Å². The van der Waals surface area contributed by atoms with Crippen LogP contribution in [0.3, 0.4) is 0 Å². The third-order valence-electron chi connectivity index (χ3n) is 5.00. The number of amides is 1.